The van der Waals surface area contributed by atoms with Crippen LogP contribution in [-0.4, -0.2) is 32.0 Å². The molecule has 0 saturated heterocycles. The fourth-order valence-corrected chi connectivity index (χ4v) is 2.63. The molecule has 0 fully saturated rings. The maximum absolute atomic E-state index is 12.0. The van der Waals surface area contributed by atoms with Gasteiger partial charge < -0.3 is 21.1 Å². The van der Waals surface area contributed by atoms with E-state index in [1.54, 1.807) is 26.2 Å². The fourth-order valence-electron chi connectivity index (χ4n) is 2.63. The summed E-state index contributed by atoms with van der Waals surface area (Å²) in [6.07, 6.45) is 0.673. The van der Waals surface area contributed by atoms with Crippen molar-refractivity contribution in [2.24, 2.45) is 5.73 Å². The van der Waals surface area contributed by atoms with Gasteiger partial charge in [0.25, 0.3) is 5.91 Å². The molecule has 6 heteroatoms. The number of anilines is 1. The van der Waals surface area contributed by atoms with Crippen LogP contribution in [0.2, 0.25) is 0 Å². The Labute approximate surface area is 147 Å². The van der Waals surface area contributed by atoms with Crippen LogP contribution in [0.5, 0.6) is 5.75 Å². The van der Waals surface area contributed by atoms with E-state index in [4.69, 9.17) is 10.5 Å². The standard InChI is InChI=1S/C19H23N3O3/c1-13-6-5-8-15(18(13)19(20)24)22-12-17(23)21-11-10-14-7-3-4-9-16(14)25-2/h3-9,22H,10-12H2,1-2H3,(H2,20,24)(H,21,23). The van der Waals surface area contributed by atoms with Gasteiger partial charge in [-0.05, 0) is 36.6 Å². The number of amides is 2. The first kappa shape index (κ1) is 18.3. The molecule has 0 aromatic heterocycles. The van der Waals surface area contributed by atoms with Gasteiger partial charge >= 0.3 is 0 Å². The Morgan fingerprint density at radius 1 is 1.12 bits per heavy atom. The second kappa shape index (κ2) is 8.73. The van der Waals surface area contributed by atoms with Crippen LogP contribution in [0.4, 0.5) is 5.69 Å². The quantitative estimate of drug-likeness (QED) is 0.683. The van der Waals surface area contributed by atoms with Crippen LogP contribution in [0.15, 0.2) is 42.5 Å². The van der Waals surface area contributed by atoms with Crippen molar-refractivity contribution in [1.82, 2.24) is 5.32 Å². The first-order valence-corrected chi connectivity index (χ1v) is 8.04. The molecular formula is C19H23N3O3. The van der Waals surface area contributed by atoms with Gasteiger partial charge in [-0.1, -0.05) is 30.3 Å². The van der Waals surface area contributed by atoms with Crippen molar-refractivity contribution >= 4 is 17.5 Å². The molecule has 0 spiro atoms. The zero-order valence-electron chi connectivity index (χ0n) is 14.5. The van der Waals surface area contributed by atoms with Gasteiger partial charge in [0.05, 0.1) is 19.2 Å². The number of benzene rings is 2. The highest BCUT2D eigenvalue weighted by molar-refractivity contribution is 6.00. The molecule has 6 nitrogen and oxygen atoms in total. The van der Waals surface area contributed by atoms with E-state index in [2.05, 4.69) is 10.6 Å². The summed E-state index contributed by atoms with van der Waals surface area (Å²) in [6.45, 7) is 2.37. The van der Waals surface area contributed by atoms with Gasteiger partial charge in [0.15, 0.2) is 0 Å². The summed E-state index contributed by atoms with van der Waals surface area (Å²) >= 11 is 0. The third-order valence-corrected chi connectivity index (χ3v) is 3.87. The van der Waals surface area contributed by atoms with Crippen molar-refractivity contribution in [3.63, 3.8) is 0 Å². The smallest absolute Gasteiger partial charge is 0.251 e. The van der Waals surface area contributed by atoms with E-state index in [1.165, 1.54) is 0 Å². The lowest BCUT2D eigenvalue weighted by atomic mass is 10.1. The third kappa shape index (κ3) is 4.97. The topological polar surface area (TPSA) is 93.4 Å². The molecule has 2 rings (SSSR count). The van der Waals surface area contributed by atoms with Crippen molar-refractivity contribution in [1.29, 1.82) is 0 Å². The Balaban J connectivity index is 1.86. The summed E-state index contributed by atoms with van der Waals surface area (Å²) in [5, 5.41) is 5.81. The maximum atomic E-state index is 12.0. The fraction of sp³-hybridized carbons (Fsp3) is 0.263. The van der Waals surface area contributed by atoms with Crippen molar-refractivity contribution in [2.75, 3.05) is 25.5 Å². The third-order valence-electron chi connectivity index (χ3n) is 3.87. The average Bonchev–Trinajstić information content (AvgIpc) is 2.60. The number of ether oxygens (including phenoxy) is 1. The molecule has 0 bridgehead atoms. The number of carbonyl (C=O) groups is 2. The largest absolute Gasteiger partial charge is 0.496 e. The first-order valence-electron chi connectivity index (χ1n) is 8.04. The Hall–Kier alpha value is -3.02. The Bertz CT molecular complexity index is 759. The molecule has 0 unspecified atom stereocenters. The molecule has 2 aromatic rings. The lowest BCUT2D eigenvalue weighted by molar-refractivity contribution is -0.119. The van der Waals surface area contributed by atoms with Gasteiger partial charge in [-0.25, -0.2) is 0 Å². The van der Waals surface area contributed by atoms with E-state index >= 15 is 0 Å². The molecule has 0 aliphatic heterocycles. The minimum atomic E-state index is -0.516. The zero-order chi connectivity index (χ0) is 18.2. The molecule has 2 aromatic carbocycles. The number of aryl methyl sites for hydroxylation is 1. The van der Waals surface area contributed by atoms with Crippen LogP contribution in [0.25, 0.3) is 0 Å². The summed E-state index contributed by atoms with van der Waals surface area (Å²) in [5.41, 5.74) is 8.18. The lowest BCUT2D eigenvalue weighted by Crippen LogP contribution is -2.32. The number of methoxy groups -OCH3 is 1. The molecule has 2 amide bonds. The van der Waals surface area contributed by atoms with Crippen LogP contribution < -0.4 is 21.1 Å². The second-order valence-corrected chi connectivity index (χ2v) is 5.63. The predicted molar refractivity (Wildman–Crippen MR) is 97.9 cm³/mol. The van der Waals surface area contributed by atoms with Gasteiger partial charge in [0.1, 0.15) is 5.75 Å². The van der Waals surface area contributed by atoms with Crippen molar-refractivity contribution in [3.8, 4) is 5.75 Å². The molecule has 25 heavy (non-hydrogen) atoms. The van der Waals surface area contributed by atoms with E-state index in [9.17, 15) is 9.59 Å². The Morgan fingerprint density at radius 3 is 2.60 bits per heavy atom. The second-order valence-electron chi connectivity index (χ2n) is 5.63. The number of carbonyl (C=O) groups excluding carboxylic acids is 2. The van der Waals surface area contributed by atoms with Gasteiger partial charge in [-0.15, -0.1) is 0 Å². The molecule has 4 N–H and O–H groups in total. The molecule has 0 aliphatic carbocycles. The highest BCUT2D eigenvalue weighted by atomic mass is 16.5. The number of hydrogen-bond acceptors (Lipinski definition) is 4. The summed E-state index contributed by atoms with van der Waals surface area (Å²) in [5.74, 6) is 0.129. The first-order chi connectivity index (χ1) is 12.0. The number of primary amides is 1. The minimum Gasteiger partial charge on any atom is -0.496 e. The number of rotatable bonds is 8. The normalized spacial score (nSPS) is 10.2. The van der Waals surface area contributed by atoms with Crippen LogP contribution in [0.1, 0.15) is 21.5 Å². The number of nitrogens with two attached hydrogens (primary N) is 1. The van der Waals surface area contributed by atoms with Crippen LogP contribution in [0, 0.1) is 6.92 Å². The lowest BCUT2D eigenvalue weighted by Gasteiger charge is -2.13. The zero-order valence-corrected chi connectivity index (χ0v) is 14.5. The van der Waals surface area contributed by atoms with Crippen LogP contribution in [0.3, 0.4) is 0 Å². The van der Waals surface area contributed by atoms with Crippen LogP contribution in [-0.2, 0) is 11.2 Å². The van der Waals surface area contributed by atoms with E-state index in [-0.39, 0.29) is 12.5 Å². The summed E-state index contributed by atoms with van der Waals surface area (Å²) in [7, 11) is 1.62. The highest BCUT2D eigenvalue weighted by Crippen LogP contribution is 2.19. The molecule has 132 valence electrons. The van der Waals surface area contributed by atoms with Crippen LogP contribution >= 0.6 is 0 Å². The van der Waals surface area contributed by atoms with Crippen molar-refractivity contribution in [3.05, 3.63) is 59.2 Å². The summed E-state index contributed by atoms with van der Waals surface area (Å²) in [4.78, 5) is 23.6. The van der Waals surface area contributed by atoms with E-state index < -0.39 is 5.91 Å². The van der Waals surface area contributed by atoms with Gasteiger partial charge in [0.2, 0.25) is 5.91 Å². The molecule has 0 heterocycles. The number of hydrogen-bond donors (Lipinski definition) is 3. The van der Waals surface area contributed by atoms with E-state index in [0.29, 0.717) is 24.2 Å². The van der Waals surface area contributed by atoms with Crippen molar-refractivity contribution < 1.29 is 14.3 Å². The monoisotopic (exact) mass is 341 g/mol. The molecule has 0 saturated carbocycles. The van der Waals surface area contributed by atoms with E-state index in [1.807, 2.05) is 30.3 Å². The SMILES string of the molecule is COc1ccccc1CCNC(=O)CNc1cccc(C)c1C(N)=O. The average molecular weight is 341 g/mol. The maximum Gasteiger partial charge on any atom is 0.251 e. The van der Waals surface area contributed by atoms with Gasteiger partial charge in [0, 0.05) is 12.2 Å². The highest BCUT2D eigenvalue weighted by Gasteiger charge is 2.12. The Kier molecular flexibility index (Phi) is 6.39. The number of nitrogens with one attached hydrogen (secondary N) is 2. The molecule has 0 aliphatic rings. The molecule has 0 atom stereocenters. The van der Waals surface area contributed by atoms with E-state index in [0.717, 1.165) is 16.9 Å². The predicted octanol–water partition coefficient (Wildman–Crippen LogP) is 1.87. The number of para-hydroxylation sites is 1. The summed E-state index contributed by atoms with van der Waals surface area (Å²) < 4.78 is 5.29. The molecular weight excluding hydrogens is 318 g/mol. The minimum absolute atomic E-state index is 0.0651. The Morgan fingerprint density at radius 2 is 1.88 bits per heavy atom. The van der Waals surface area contributed by atoms with Gasteiger partial charge in [-0.3, -0.25) is 9.59 Å². The molecule has 0 radical (unpaired) electrons. The summed E-state index contributed by atoms with van der Waals surface area (Å²) in [6, 6.07) is 13.0. The van der Waals surface area contributed by atoms with Gasteiger partial charge in [-0.2, -0.15) is 0 Å². The van der Waals surface area contributed by atoms with Crippen molar-refractivity contribution in [2.45, 2.75) is 13.3 Å².